The second-order valence-electron chi connectivity index (χ2n) is 4.82. The number of carboxylic acid groups (broad SMARTS) is 1. The number of nitrogens with one attached hydrogen (secondary N) is 1. The summed E-state index contributed by atoms with van der Waals surface area (Å²) in [6, 6.07) is 6.25. The highest BCUT2D eigenvalue weighted by molar-refractivity contribution is 6.02. The molecule has 2 N–H and O–H groups in total. The lowest BCUT2D eigenvalue weighted by Gasteiger charge is -2.22. The van der Waals surface area contributed by atoms with E-state index < -0.39 is 17.9 Å². The number of hydrogen-bond donors (Lipinski definition) is 2. The fourth-order valence-corrected chi connectivity index (χ4v) is 2.43. The van der Waals surface area contributed by atoms with Gasteiger partial charge in [-0.05, 0) is 18.6 Å². The highest BCUT2D eigenvalue weighted by atomic mass is 16.4. The lowest BCUT2D eigenvalue weighted by atomic mass is 10.0. The van der Waals surface area contributed by atoms with E-state index in [1.807, 2.05) is 0 Å². The van der Waals surface area contributed by atoms with Gasteiger partial charge in [-0.2, -0.15) is 0 Å². The van der Waals surface area contributed by atoms with Crippen LogP contribution in [0.4, 0.5) is 5.69 Å². The third-order valence-corrected chi connectivity index (χ3v) is 3.32. The molecule has 1 aromatic carbocycles. The minimum atomic E-state index is -0.958. The quantitative estimate of drug-likeness (QED) is 0.852. The molecule has 0 radical (unpaired) electrons. The number of aliphatic carboxylic acids is 1. The van der Waals surface area contributed by atoms with Crippen LogP contribution in [0.1, 0.15) is 25.3 Å². The Morgan fingerprint density at radius 1 is 1.35 bits per heavy atom. The predicted molar refractivity (Wildman–Crippen MR) is 72.5 cm³/mol. The summed E-state index contributed by atoms with van der Waals surface area (Å²) in [6.45, 7) is 3.01. The largest absolute Gasteiger partial charge is 0.481 e. The fourth-order valence-electron chi connectivity index (χ4n) is 2.43. The molecule has 0 saturated heterocycles. The molecule has 2 rings (SSSR count). The molecule has 1 aromatic rings. The van der Waals surface area contributed by atoms with Crippen molar-refractivity contribution in [2.75, 3.05) is 11.4 Å². The van der Waals surface area contributed by atoms with Crippen molar-refractivity contribution >= 4 is 23.5 Å². The van der Waals surface area contributed by atoms with Crippen molar-refractivity contribution in [1.29, 1.82) is 0 Å². The molecule has 0 aromatic heterocycles. The minimum absolute atomic E-state index is 0.0947. The zero-order chi connectivity index (χ0) is 14.9. The van der Waals surface area contributed by atoms with Gasteiger partial charge in [-0.25, -0.2) is 0 Å². The number of para-hydroxylation sites is 1. The van der Waals surface area contributed by atoms with Gasteiger partial charge in [-0.3, -0.25) is 14.4 Å². The summed E-state index contributed by atoms with van der Waals surface area (Å²) in [6.07, 6.45) is 0. The zero-order valence-electron chi connectivity index (χ0n) is 11.3. The first-order valence-electron chi connectivity index (χ1n) is 6.32. The van der Waals surface area contributed by atoms with Gasteiger partial charge in [0.1, 0.15) is 12.0 Å². The van der Waals surface area contributed by atoms with E-state index >= 15 is 0 Å². The van der Waals surface area contributed by atoms with E-state index in [2.05, 4.69) is 5.32 Å². The summed E-state index contributed by atoms with van der Waals surface area (Å²) in [7, 11) is 0. The van der Waals surface area contributed by atoms with E-state index in [1.165, 1.54) is 11.8 Å². The Balaban J connectivity index is 2.29. The first-order valence-corrected chi connectivity index (χ1v) is 6.32. The van der Waals surface area contributed by atoms with Crippen molar-refractivity contribution in [3.05, 3.63) is 29.8 Å². The maximum atomic E-state index is 12.3. The van der Waals surface area contributed by atoms with Crippen LogP contribution in [0.15, 0.2) is 24.3 Å². The van der Waals surface area contributed by atoms with Gasteiger partial charge >= 0.3 is 5.97 Å². The Kier molecular flexibility index (Phi) is 3.74. The molecule has 2 unspecified atom stereocenters. The molecule has 0 bridgehead atoms. The summed E-state index contributed by atoms with van der Waals surface area (Å²) in [5.41, 5.74) is 1.23. The Morgan fingerprint density at radius 3 is 2.60 bits per heavy atom. The van der Waals surface area contributed by atoms with Crippen LogP contribution in [0.25, 0.3) is 0 Å². The lowest BCUT2D eigenvalue weighted by Crippen LogP contribution is -2.46. The number of carbonyl (C=O) groups excluding carboxylic acids is 2. The highest BCUT2D eigenvalue weighted by Gasteiger charge is 2.37. The normalized spacial score (nSPS) is 18.3. The Bertz CT molecular complexity index is 570. The zero-order valence-corrected chi connectivity index (χ0v) is 11.3. The highest BCUT2D eigenvalue weighted by Crippen LogP contribution is 2.36. The van der Waals surface area contributed by atoms with E-state index in [-0.39, 0.29) is 18.4 Å². The monoisotopic (exact) mass is 276 g/mol. The first kappa shape index (κ1) is 14.0. The van der Waals surface area contributed by atoms with Crippen molar-refractivity contribution in [2.45, 2.75) is 25.8 Å². The second kappa shape index (κ2) is 5.32. The van der Waals surface area contributed by atoms with E-state index in [4.69, 9.17) is 0 Å². The molecule has 1 aliphatic heterocycles. The number of carboxylic acids is 1. The minimum Gasteiger partial charge on any atom is -0.481 e. The third kappa shape index (κ3) is 2.49. The molecule has 106 valence electrons. The Labute approximate surface area is 116 Å². The molecule has 1 aliphatic rings. The Morgan fingerprint density at radius 2 is 2.00 bits per heavy atom. The Hall–Kier alpha value is -2.37. The van der Waals surface area contributed by atoms with Gasteiger partial charge in [-0.15, -0.1) is 0 Å². The molecule has 20 heavy (non-hydrogen) atoms. The van der Waals surface area contributed by atoms with Gasteiger partial charge < -0.3 is 15.3 Å². The SMILES string of the molecule is CC(=O)NC(C)C(=O)N1CC(C(=O)O)c2ccccc21. The summed E-state index contributed by atoms with van der Waals surface area (Å²) in [5, 5.41) is 11.8. The van der Waals surface area contributed by atoms with Crippen LogP contribution in [0.2, 0.25) is 0 Å². The molecule has 6 heteroatoms. The number of amides is 2. The molecule has 0 saturated carbocycles. The number of carbonyl (C=O) groups is 3. The summed E-state index contributed by atoms with van der Waals surface area (Å²) in [5.74, 6) is -2.29. The van der Waals surface area contributed by atoms with Gasteiger partial charge in [-0.1, -0.05) is 18.2 Å². The molecule has 0 aliphatic carbocycles. The summed E-state index contributed by atoms with van der Waals surface area (Å²) in [4.78, 5) is 36.0. The van der Waals surface area contributed by atoms with Crippen molar-refractivity contribution in [1.82, 2.24) is 5.32 Å². The average molecular weight is 276 g/mol. The van der Waals surface area contributed by atoms with E-state index in [0.717, 1.165) is 0 Å². The smallest absolute Gasteiger partial charge is 0.312 e. The van der Waals surface area contributed by atoms with Gasteiger partial charge in [0.15, 0.2) is 0 Å². The molecule has 6 nitrogen and oxygen atoms in total. The molecule has 1 heterocycles. The molecule has 2 atom stereocenters. The van der Waals surface area contributed by atoms with Gasteiger partial charge in [0, 0.05) is 19.2 Å². The molecule has 0 spiro atoms. The van der Waals surface area contributed by atoms with E-state index in [1.54, 1.807) is 31.2 Å². The molecular formula is C14H16N2O4. The van der Waals surface area contributed by atoms with Crippen LogP contribution in [0.3, 0.4) is 0 Å². The standard InChI is InChI=1S/C14H16N2O4/c1-8(15-9(2)17)13(18)16-7-11(14(19)20)10-5-3-4-6-12(10)16/h3-6,8,11H,7H2,1-2H3,(H,15,17)(H,19,20). The number of fused-ring (bicyclic) bond motifs is 1. The number of hydrogen-bond acceptors (Lipinski definition) is 3. The number of rotatable bonds is 3. The molecule has 2 amide bonds. The number of nitrogens with zero attached hydrogens (tertiary/aromatic N) is 1. The number of benzene rings is 1. The van der Waals surface area contributed by atoms with E-state index in [9.17, 15) is 19.5 Å². The topological polar surface area (TPSA) is 86.7 Å². The average Bonchev–Trinajstić information content (AvgIpc) is 2.76. The fraction of sp³-hybridized carbons (Fsp3) is 0.357. The summed E-state index contributed by atoms with van der Waals surface area (Å²) >= 11 is 0. The molecule has 0 fully saturated rings. The van der Waals surface area contributed by atoms with Crippen molar-refractivity contribution in [3.63, 3.8) is 0 Å². The number of anilines is 1. The predicted octanol–water partition coefficient (Wildman–Crippen LogP) is 0.726. The van der Waals surface area contributed by atoms with Crippen LogP contribution >= 0.6 is 0 Å². The van der Waals surface area contributed by atoms with Gasteiger partial charge in [0.2, 0.25) is 11.8 Å². The van der Waals surface area contributed by atoms with Crippen LogP contribution in [-0.4, -0.2) is 35.5 Å². The van der Waals surface area contributed by atoms with Gasteiger partial charge in [0.05, 0.1) is 0 Å². The third-order valence-electron chi connectivity index (χ3n) is 3.32. The maximum absolute atomic E-state index is 12.3. The van der Waals surface area contributed by atoms with Crippen molar-refractivity contribution in [3.8, 4) is 0 Å². The van der Waals surface area contributed by atoms with Crippen LogP contribution in [0.5, 0.6) is 0 Å². The molecular weight excluding hydrogens is 260 g/mol. The summed E-state index contributed by atoms with van der Waals surface area (Å²) < 4.78 is 0. The van der Waals surface area contributed by atoms with Crippen molar-refractivity contribution < 1.29 is 19.5 Å². The van der Waals surface area contributed by atoms with Gasteiger partial charge in [0.25, 0.3) is 0 Å². The van der Waals surface area contributed by atoms with Crippen molar-refractivity contribution in [2.24, 2.45) is 0 Å². The second-order valence-corrected chi connectivity index (χ2v) is 4.82. The van der Waals surface area contributed by atoms with Crippen LogP contribution in [0, 0.1) is 0 Å². The first-order chi connectivity index (χ1) is 9.41. The van der Waals surface area contributed by atoms with Crippen LogP contribution < -0.4 is 10.2 Å². The maximum Gasteiger partial charge on any atom is 0.312 e. The van der Waals surface area contributed by atoms with Crippen LogP contribution in [-0.2, 0) is 14.4 Å². The lowest BCUT2D eigenvalue weighted by molar-refractivity contribution is -0.138. The van der Waals surface area contributed by atoms with E-state index in [0.29, 0.717) is 11.3 Å².